The van der Waals surface area contributed by atoms with E-state index in [9.17, 15) is 9.59 Å². The number of anilines is 1. The van der Waals surface area contributed by atoms with Crippen molar-refractivity contribution in [2.45, 2.75) is 13.8 Å². The van der Waals surface area contributed by atoms with Crippen molar-refractivity contribution in [1.82, 2.24) is 14.4 Å². The molecule has 23 heavy (non-hydrogen) atoms. The zero-order chi connectivity index (χ0) is 16.4. The van der Waals surface area contributed by atoms with E-state index in [0.717, 1.165) is 0 Å². The number of esters is 1. The maximum atomic E-state index is 12.4. The van der Waals surface area contributed by atoms with Crippen molar-refractivity contribution >= 4 is 23.5 Å². The third kappa shape index (κ3) is 3.03. The van der Waals surface area contributed by atoms with Crippen LogP contribution in [0.15, 0.2) is 42.9 Å². The molecular weight excluding hydrogens is 296 g/mol. The Balaban J connectivity index is 1.86. The number of ether oxygens (including phenoxy) is 1. The number of carbonyl (C=O) groups is 2. The van der Waals surface area contributed by atoms with E-state index in [1.165, 1.54) is 6.92 Å². The second-order valence-electron chi connectivity index (χ2n) is 4.92. The average Bonchev–Trinajstić information content (AvgIpc) is 2.96. The third-order valence-electron chi connectivity index (χ3n) is 3.29. The van der Waals surface area contributed by atoms with E-state index in [2.05, 4.69) is 15.3 Å². The molecule has 0 unspecified atom stereocenters. The molecule has 2 heterocycles. The van der Waals surface area contributed by atoms with E-state index in [1.807, 2.05) is 0 Å². The quantitative estimate of drug-likeness (QED) is 0.592. The average molecular weight is 310 g/mol. The van der Waals surface area contributed by atoms with Gasteiger partial charge < -0.3 is 10.1 Å². The molecule has 3 rings (SSSR count). The highest BCUT2D eigenvalue weighted by atomic mass is 16.5. The summed E-state index contributed by atoms with van der Waals surface area (Å²) in [5.74, 6) is 0.484. The molecular formula is C16H14N4O3. The van der Waals surface area contributed by atoms with Gasteiger partial charge in [0.1, 0.15) is 11.6 Å². The van der Waals surface area contributed by atoms with Crippen LogP contribution in [-0.2, 0) is 4.79 Å². The third-order valence-corrected chi connectivity index (χ3v) is 3.29. The molecule has 3 aromatic rings. The molecule has 0 aliphatic carbocycles. The van der Waals surface area contributed by atoms with Crippen molar-refractivity contribution in [3.05, 3.63) is 54.0 Å². The van der Waals surface area contributed by atoms with Crippen LogP contribution in [0.5, 0.6) is 5.75 Å². The van der Waals surface area contributed by atoms with Gasteiger partial charge in [-0.15, -0.1) is 0 Å². The normalized spacial score (nSPS) is 10.5. The summed E-state index contributed by atoms with van der Waals surface area (Å²) in [5.41, 5.74) is 0.996. The highest BCUT2D eigenvalue weighted by Gasteiger charge is 2.14. The molecule has 0 saturated heterocycles. The number of hydrogen-bond donors (Lipinski definition) is 1. The van der Waals surface area contributed by atoms with E-state index in [1.54, 1.807) is 54.2 Å². The fourth-order valence-corrected chi connectivity index (χ4v) is 2.18. The second-order valence-corrected chi connectivity index (χ2v) is 4.92. The molecule has 0 spiro atoms. The van der Waals surface area contributed by atoms with Crippen LogP contribution < -0.4 is 10.1 Å². The van der Waals surface area contributed by atoms with Crippen LogP contribution in [0, 0.1) is 6.92 Å². The molecule has 2 aromatic heterocycles. The van der Waals surface area contributed by atoms with Gasteiger partial charge in [-0.1, -0.05) is 6.07 Å². The summed E-state index contributed by atoms with van der Waals surface area (Å²) in [4.78, 5) is 31.8. The Bertz CT molecular complexity index is 901. The zero-order valence-electron chi connectivity index (χ0n) is 12.6. The molecule has 0 radical (unpaired) electrons. The molecule has 1 N–H and O–H groups in total. The number of benzene rings is 1. The highest BCUT2D eigenvalue weighted by molar-refractivity contribution is 6.05. The standard InChI is InChI=1S/C16H14N4O3/c1-10-12(4-3-5-13(10)23-11(2)21)15(22)18-14-6-8-20-9-7-17-16(20)19-14/h3-9H,1-2H3,(H,17,18,19,22). The summed E-state index contributed by atoms with van der Waals surface area (Å²) in [6.45, 7) is 3.04. The van der Waals surface area contributed by atoms with Crippen LogP contribution in [-0.4, -0.2) is 26.2 Å². The van der Waals surface area contributed by atoms with Crippen LogP contribution in [0.1, 0.15) is 22.8 Å². The minimum absolute atomic E-state index is 0.333. The minimum atomic E-state index is -0.433. The van der Waals surface area contributed by atoms with Crippen molar-refractivity contribution in [2.75, 3.05) is 5.32 Å². The van der Waals surface area contributed by atoms with Crippen LogP contribution in [0.25, 0.3) is 5.78 Å². The highest BCUT2D eigenvalue weighted by Crippen LogP contribution is 2.22. The van der Waals surface area contributed by atoms with E-state index >= 15 is 0 Å². The van der Waals surface area contributed by atoms with Crippen molar-refractivity contribution in [1.29, 1.82) is 0 Å². The molecule has 0 aliphatic rings. The lowest BCUT2D eigenvalue weighted by atomic mass is 10.1. The van der Waals surface area contributed by atoms with Gasteiger partial charge >= 0.3 is 5.97 Å². The Hall–Kier alpha value is -3.22. The topological polar surface area (TPSA) is 85.6 Å². The van der Waals surface area contributed by atoms with E-state index in [4.69, 9.17) is 4.74 Å². The second kappa shape index (κ2) is 5.88. The largest absolute Gasteiger partial charge is 0.426 e. The number of imidazole rings is 1. The first-order chi connectivity index (χ1) is 11.0. The van der Waals surface area contributed by atoms with Gasteiger partial charge in [-0.2, -0.15) is 4.98 Å². The van der Waals surface area contributed by atoms with Gasteiger partial charge in [0, 0.05) is 36.6 Å². The molecule has 0 atom stereocenters. The summed E-state index contributed by atoms with van der Waals surface area (Å²) in [5, 5.41) is 2.72. The minimum Gasteiger partial charge on any atom is -0.426 e. The Kier molecular flexibility index (Phi) is 3.76. The summed E-state index contributed by atoms with van der Waals surface area (Å²) in [6.07, 6.45) is 5.15. The predicted molar refractivity (Wildman–Crippen MR) is 83.4 cm³/mol. The molecule has 0 bridgehead atoms. The lowest BCUT2D eigenvalue weighted by Crippen LogP contribution is -2.15. The van der Waals surface area contributed by atoms with Crippen LogP contribution >= 0.6 is 0 Å². The van der Waals surface area contributed by atoms with Gasteiger partial charge in [0.15, 0.2) is 0 Å². The summed E-state index contributed by atoms with van der Waals surface area (Å²) >= 11 is 0. The maximum absolute atomic E-state index is 12.4. The van der Waals surface area contributed by atoms with Crippen molar-refractivity contribution in [3.8, 4) is 5.75 Å². The molecule has 116 valence electrons. The zero-order valence-corrected chi connectivity index (χ0v) is 12.6. The van der Waals surface area contributed by atoms with Crippen molar-refractivity contribution < 1.29 is 14.3 Å². The lowest BCUT2D eigenvalue weighted by molar-refractivity contribution is -0.131. The Labute approximate surface area is 131 Å². The number of rotatable bonds is 3. The van der Waals surface area contributed by atoms with Gasteiger partial charge in [-0.3, -0.25) is 14.0 Å². The number of nitrogens with zero attached hydrogens (tertiary/aromatic N) is 3. The summed E-state index contributed by atoms with van der Waals surface area (Å²) < 4.78 is 6.82. The first-order valence-corrected chi connectivity index (χ1v) is 6.93. The first-order valence-electron chi connectivity index (χ1n) is 6.93. The number of amides is 1. The molecule has 7 nitrogen and oxygen atoms in total. The molecule has 1 aromatic carbocycles. The number of carbonyl (C=O) groups excluding carboxylic acids is 2. The SMILES string of the molecule is CC(=O)Oc1cccc(C(=O)Nc2ccn3ccnc3n2)c1C. The Morgan fingerprint density at radius 2 is 2.04 bits per heavy atom. The van der Waals surface area contributed by atoms with Gasteiger partial charge in [-0.25, -0.2) is 4.98 Å². The molecule has 0 aliphatic heterocycles. The first kappa shape index (κ1) is 14.7. The van der Waals surface area contributed by atoms with E-state index in [-0.39, 0.29) is 5.91 Å². The smallest absolute Gasteiger partial charge is 0.308 e. The van der Waals surface area contributed by atoms with E-state index in [0.29, 0.717) is 28.5 Å². The van der Waals surface area contributed by atoms with Crippen LogP contribution in [0.4, 0.5) is 5.82 Å². The predicted octanol–water partition coefficient (Wildman–Crippen LogP) is 2.22. The van der Waals surface area contributed by atoms with Crippen LogP contribution in [0.2, 0.25) is 0 Å². The molecule has 0 fully saturated rings. The molecule has 7 heteroatoms. The fourth-order valence-electron chi connectivity index (χ4n) is 2.18. The van der Waals surface area contributed by atoms with Gasteiger partial charge in [0.05, 0.1) is 0 Å². The Morgan fingerprint density at radius 1 is 1.22 bits per heavy atom. The fraction of sp³-hybridized carbons (Fsp3) is 0.125. The van der Waals surface area contributed by atoms with Crippen LogP contribution in [0.3, 0.4) is 0 Å². The number of nitrogens with one attached hydrogen (secondary N) is 1. The Morgan fingerprint density at radius 3 is 2.83 bits per heavy atom. The lowest BCUT2D eigenvalue weighted by Gasteiger charge is -2.10. The molecule has 1 amide bonds. The summed E-state index contributed by atoms with van der Waals surface area (Å²) in [7, 11) is 0. The van der Waals surface area contributed by atoms with Gasteiger partial charge in [0.25, 0.3) is 5.91 Å². The maximum Gasteiger partial charge on any atom is 0.308 e. The van der Waals surface area contributed by atoms with Gasteiger partial charge in [0.2, 0.25) is 5.78 Å². The number of fused-ring (bicyclic) bond motifs is 1. The number of hydrogen-bond acceptors (Lipinski definition) is 5. The summed E-state index contributed by atoms with van der Waals surface area (Å²) in [6, 6.07) is 6.64. The monoisotopic (exact) mass is 310 g/mol. The molecule has 0 saturated carbocycles. The number of aromatic nitrogens is 3. The van der Waals surface area contributed by atoms with E-state index < -0.39 is 5.97 Å². The van der Waals surface area contributed by atoms with Crippen molar-refractivity contribution in [2.24, 2.45) is 0 Å². The van der Waals surface area contributed by atoms with Gasteiger partial charge in [-0.05, 0) is 25.1 Å². The van der Waals surface area contributed by atoms with Crippen molar-refractivity contribution in [3.63, 3.8) is 0 Å².